The van der Waals surface area contributed by atoms with Gasteiger partial charge in [0.05, 0.1) is 0 Å². The summed E-state index contributed by atoms with van der Waals surface area (Å²) in [6, 6.07) is 3.92. The summed E-state index contributed by atoms with van der Waals surface area (Å²) >= 11 is 0. The van der Waals surface area contributed by atoms with Crippen molar-refractivity contribution in [3.63, 3.8) is 0 Å². The first kappa shape index (κ1) is 11.4. The standard InChI is InChI=1S/C11H12N2O4/c12-9(11(15)17-16)3-6-5-13-10-2-1-7(14)4-8(6)10/h1-2,4-5,9,13-14,16H,3,12H2/t9-/m0/s1. The molecule has 6 heteroatoms. The lowest BCUT2D eigenvalue weighted by Gasteiger charge is -2.06. The number of carbonyl (C=O) groups is 1. The van der Waals surface area contributed by atoms with Gasteiger partial charge in [0.25, 0.3) is 0 Å². The summed E-state index contributed by atoms with van der Waals surface area (Å²) in [6.45, 7) is 0. The maximum atomic E-state index is 11.0. The van der Waals surface area contributed by atoms with E-state index in [4.69, 9.17) is 11.0 Å². The Kier molecular flexibility index (Phi) is 2.99. The van der Waals surface area contributed by atoms with Crippen LogP contribution in [-0.2, 0) is 16.1 Å². The third-order valence-electron chi connectivity index (χ3n) is 2.58. The Morgan fingerprint density at radius 1 is 1.53 bits per heavy atom. The molecule has 0 aliphatic rings. The minimum atomic E-state index is -0.943. The molecule has 90 valence electrons. The van der Waals surface area contributed by atoms with E-state index in [0.717, 1.165) is 16.5 Å². The molecule has 17 heavy (non-hydrogen) atoms. The Labute approximate surface area is 96.5 Å². The van der Waals surface area contributed by atoms with Crippen molar-refractivity contribution in [3.8, 4) is 5.75 Å². The van der Waals surface area contributed by atoms with E-state index in [-0.39, 0.29) is 12.2 Å². The molecule has 1 aromatic carbocycles. The minimum absolute atomic E-state index is 0.136. The van der Waals surface area contributed by atoms with Crippen LogP contribution in [0, 0.1) is 0 Å². The molecule has 6 nitrogen and oxygen atoms in total. The molecule has 0 fully saturated rings. The highest BCUT2D eigenvalue weighted by atomic mass is 17.1. The van der Waals surface area contributed by atoms with Crippen molar-refractivity contribution in [2.45, 2.75) is 12.5 Å². The fraction of sp³-hybridized carbons (Fsp3) is 0.182. The van der Waals surface area contributed by atoms with E-state index < -0.39 is 12.0 Å². The van der Waals surface area contributed by atoms with Gasteiger partial charge in [0.15, 0.2) is 0 Å². The van der Waals surface area contributed by atoms with E-state index in [1.54, 1.807) is 24.4 Å². The number of aromatic amines is 1. The first-order valence-electron chi connectivity index (χ1n) is 5.01. The maximum Gasteiger partial charge on any atom is 0.358 e. The average Bonchev–Trinajstić information content (AvgIpc) is 2.71. The normalized spacial score (nSPS) is 12.6. The van der Waals surface area contributed by atoms with Crippen molar-refractivity contribution >= 4 is 16.9 Å². The van der Waals surface area contributed by atoms with Crippen LogP contribution in [0.3, 0.4) is 0 Å². The minimum Gasteiger partial charge on any atom is -0.508 e. The van der Waals surface area contributed by atoms with E-state index in [9.17, 15) is 9.90 Å². The highest BCUT2D eigenvalue weighted by Crippen LogP contribution is 2.23. The lowest BCUT2D eigenvalue weighted by Crippen LogP contribution is -2.33. The van der Waals surface area contributed by atoms with Gasteiger partial charge >= 0.3 is 5.97 Å². The van der Waals surface area contributed by atoms with E-state index in [1.807, 2.05) is 0 Å². The number of nitrogens with two attached hydrogens (primary N) is 1. The fourth-order valence-corrected chi connectivity index (χ4v) is 1.72. The second-order valence-electron chi connectivity index (χ2n) is 3.76. The van der Waals surface area contributed by atoms with Crippen molar-refractivity contribution in [2.24, 2.45) is 5.73 Å². The van der Waals surface area contributed by atoms with Crippen molar-refractivity contribution in [1.29, 1.82) is 0 Å². The summed E-state index contributed by atoms with van der Waals surface area (Å²) in [5, 5.41) is 18.4. The predicted molar refractivity (Wildman–Crippen MR) is 60.4 cm³/mol. The number of hydrogen-bond acceptors (Lipinski definition) is 5. The van der Waals surface area contributed by atoms with Crippen LogP contribution in [0.4, 0.5) is 0 Å². The van der Waals surface area contributed by atoms with Gasteiger partial charge in [-0.1, -0.05) is 0 Å². The molecule has 1 atom stereocenters. The molecule has 0 aliphatic heterocycles. The number of fused-ring (bicyclic) bond motifs is 1. The molecule has 0 aliphatic carbocycles. The van der Waals surface area contributed by atoms with E-state index in [2.05, 4.69) is 9.87 Å². The van der Waals surface area contributed by atoms with Crippen LogP contribution in [0.1, 0.15) is 5.56 Å². The molecule has 1 heterocycles. The van der Waals surface area contributed by atoms with Gasteiger partial charge in [0.2, 0.25) is 0 Å². The predicted octanol–water partition coefficient (Wildman–Crippen LogP) is 0.760. The van der Waals surface area contributed by atoms with Gasteiger partial charge in [-0.05, 0) is 23.8 Å². The number of benzene rings is 1. The molecule has 5 N–H and O–H groups in total. The largest absolute Gasteiger partial charge is 0.508 e. The number of carbonyl (C=O) groups excluding carboxylic acids is 1. The topological polar surface area (TPSA) is 109 Å². The summed E-state index contributed by atoms with van der Waals surface area (Å²) in [5.41, 5.74) is 7.14. The van der Waals surface area contributed by atoms with E-state index in [0.29, 0.717) is 0 Å². The summed E-state index contributed by atoms with van der Waals surface area (Å²) in [7, 11) is 0. The van der Waals surface area contributed by atoms with Gasteiger partial charge in [0.1, 0.15) is 11.8 Å². The number of rotatable bonds is 3. The Balaban J connectivity index is 2.30. The van der Waals surface area contributed by atoms with Crippen LogP contribution in [-0.4, -0.2) is 27.4 Å². The van der Waals surface area contributed by atoms with E-state index >= 15 is 0 Å². The highest BCUT2D eigenvalue weighted by Gasteiger charge is 2.17. The van der Waals surface area contributed by atoms with Crippen LogP contribution in [0.2, 0.25) is 0 Å². The molecule has 0 bridgehead atoms. The first-order valence-corrected chi connectivity index (χ1v) is 5.01. The molecule has 0 spiro atoms. The molecule has 1 aromatic heterocycles. The van der Waals surface area contributed by atoms with Crippen LogP contribution in [0.5, 0.6) is 5.75 Å². The molecular weight excluding hydrogens is 224 g/mol. The first-order chi connectivity index (χ1) is 8.11. The Bertz CT molecular complexity index is 549. The molecule has 2 aromatic rings. The quantitative estimate of drug-likeness (QED) is 0.464. The van der Waals surface area contributed by atoms with Crippen molar-refractivity contribution in [3.05, 3.63) is 30.0 Å². The van der Waals surface area contributed by atoms with Crippen molar-refractivity contribution < 1.29 is 20.0 Å². The Morgan fingerprint density at radius 2 is 2.29 bits per heavy atom. The number of H-pyrrole nitrogens is 1. The molecule has 0 amide bonds. The van der Waals surface area contributed by atoms with Crippen molar-refractivity contribution in [1.82, 2.24) is 4.98 Å². The third kappa shape index (κ3) is 2.22. The van der Waals surface area contributed by atoms with Crippen LogP contribution < -0.4 is 5.73 Å². The summed E-state index contributed by atoms with van der Waals surface area (Å²) in [4.78, 5) is 17.6. The zero-order chi connectivity index (χ0) is 12.4. The number of aromatic hydroxyl groups is 1. The van der Waals surface area contributed by atoms with Gasteiger partial charge in [-0.3, -0.25) is 4.89 Å². The number of phenolic OH excluding ortho intramolecular Hbond substituents is 1. The smallest absolute Gasteiger partial charge is 0.358 e. The van der Waals surface area contributed by atoms with Crippen LogP contribution in [0.15, 0.2) is 24.4 Å². The third-order valence-corrected chi connectivity index (χ3v) is 2.58. The Hall–Kier alpha value is -2.05. The number of nitrogens with one attached hydrogen (secondary N) is 1. The average molecular weight is 236 g/mol. The lowest BCUT2D eigenvalue weighted by molar-refractivity contribution is -0.235. The number of aromatic nitrogens is 1. The zero-order valence-electron chi connectivity index (χ0n) is 8.88. The molecule has 0 saturated heterocycles. The second-order valence-corrected chi connectivity index (χ2v) is 3.76. The molecule has 0 saturated carbocycles. The lowest BCUT2D eigenvalue weighted by atomic mass is 10.1. The van der Waals surface area contributed by atoms with Gasteiger partial charge in [-0.15, -0.1) is 0 Å². The maximum absolute atomic E-state index is 11.0. The Morgan fingerprint density at radius 3 is 3.00 bits per heavy atom. The fourth-order valence-electron chi connectivity index (χ4n) is 1.72. The molecule has 0 unspecified atom stereocenters. The van der Waals surface area contributed by atoms with Gasteiger partial charge in [-0.25, -0.2) is 4.79 Å². The zero-order valence-corrected chi connectivity index (χ0v) is 8.88. The van der Waals surface area contributed by atoms with Crippen LogP contribution in [0.25, 0.3) is 10.9 Å². The second kappa shape index (κ2) is 4.44. The van der Waals surface area contributed by atoms with Crippen LogP contribution >= 0.6 is 0 Å². The number of hydrogen-bond donors (Lipinski definition) is 4. The van der Waals surface area contributed by atoms with E-state index in [1.165, 1.54) is 0 Å². The van der Waals surface area contributed by atoms with Crippen molar-refractivity contribution in [2.75, 3.05) is 0 Å². The molecule has 0 radical (unpaired) electrons. The van der Waals surface area contributed by atoms with Gasteiger partial charge in [-0.2, -0.15) is 5.26 Å². The van der Waals surface area contributed by atoms with Gasteiger partial charge in [0, 0.05) is 23.5 Å². The molecular formula is C11H12N2O4. The summed E-state index contributed by atoms with van der Waals surface area (Å²) in [5.74, 6) is -0.754. The van der Waals surface area contributed by atoms with Gasteiger partial charge < -0.3 is 15.8 Å². The highest BCUT2D eigenvalue weighted by molar-refractivity contribution is 5.85. The SMILES string of the molecule is N[C@@H](Cc1c[nH]c2ccc(O)cc12)C(=O)OO. The number of phenols is 1. The molecule has 2 rings (SSSR count). The monoisotopic (exact) mass is 236 g/mol. The summed E-state index contributed by atoms with van der Waals surface area (Å²) < 4.78 is 0. The summed E-state index contributed by atoms with van der Waals surface area (Å²) in [6.07, 6.45) is 1.91.